The summed E-state index contributed by atoms with van der Waals surface area (Å²) in [7, 11) is 0. The van der Waals surface area contributed by atoms with Gasteiger partial charge in [-0.2, -0.15) is 0 Å². The van der Waals surface area contributed by atoms with Crippen molar-refractivity contribution in [2.75, 3.05) is 0 Å². The van der Waals surface area contributed by atoms with Crippen LogP contribution in [0.3, 0.4) is 0 Å². The van der Waals surface area contributed by atoms with Crippen LogP contribution in [0, 0.1) is 0 Å². The number of aromatic nitrogens is 3. The van der Waals surface area contributed by atoms with Gasteiger partial charge in [-0.1, -0.05) is 11.6 Å². The first-order chi connectivity index (χ1) is 5.20. The molecule has 1 rings (SSSR count). The van der Waals surface area contributed by atoms with Crippen molar-refractivity contribution < 1.29 is 9.90 Å². The quantitative estimate of drug-likeness (QED) is 0.689. The monoisotopic (exact) mass is 173 g/mol. The van der Waals surface area contributed by atoms with Crippen molar-refractivity contribution in [2.45, 2.75) is 6.42 Å². The zero-order valence-corrected chi connectivity index (χ0v) is 6.12. The van der Waals surface area contributed by atoms with Crippen LogP contribution in [0.25, 0.3) is 0 Å². The Bertz CT molecular complexity index is 278. The lowest BCUT2D eigenvalue weighted by Gasteiger charge is -1.94. The summed E-state index contributed by atoms with van der Waals surface area (Å²) in [6.45, 7) is 0. The van der Waals surface area contributed by atoms with Gasteiger partial charge in [0.05, 0.1) is 12.1 Å². The van der Waals surface area contributed by atoms with Crippen LogP contribution in [0.5, 0.6) is 0 Å². The number of carboxylic acid groups (broad SMARTS) is 1. The second kappa shape index (κ2) is 3.25. The highest BCUT2D eigenvalue weighted by molar-refractivity contribution is 6.30. The molecule has 1 aromatic heterocycles. The Morgan fingerprint density at radius 1 is 1.73 bits per heavy atom. The molecule has 6 heteroatoms. The Labute approximate surface area is 67.0 Å². The van der Waals surface area contributed by atoms with Gasteiger partial charge in [0.25, 0.3) is 0 Å². The molecule has 0 saturated carbocycles. The molecule has 1 aromatic rings. The maximum absolute atomic E-state index is 10.2. The predicted molar refractivity (Wildman–Crippen MR) is 36.2 cm³/mol. The molecule has 0 unspecified atom stereocenters. The van der Waals surface area contributed by atoms with E-state index in [1.807, 2.05) is 0 Å². The maximum atomic E-state index is 10.2. The van der Waals surface area contributed by atoms with E-state index in [1.54, 1.807) is 0 Å². The van der Waals surface area contributed by atoms with E-state index < -0.39 is 5.97 Å². The first-order valence-corrected chi connectivity index (χ1v) is 3.12. The molecular weight excluding hydrogens is 170 g/mol. The smallest absolute Gasteiger partial charge is 0.309 e. The Morgan fingerprint density at radius 3 is 3.00 bits per heavy atom. The Morgan fingerprint density at radius 2 is 2.45 bits per heavy atom. The molecule has 1 heterocycles. The van der Waals surface area contributed by atoms with E-state index in [1.165, 1.54) is 0 Å². The minimum Gasteiger partial charge on any atom is -0.481 e. The Balaban J connectivity index is 2.86. The molecule has 0 aromatic carbocycles. The van der Waals surface area contributed by atoms with Crippen LogP contribution in [0.4, 0.5) is 0 Å². The first-order valence-electron chi connectivity index (χ1n) is 2.74. The summed E-state index contributed by atoms with van der Waals surface area (Å²) >= 11 is 5.47. The molecule has 0 saturated heterocycles. The number of hydrogen-bond acceptors (Lipinski definition) is 4. The van der Waals surface area contributed by atoms with Crippen LogP contribution in [0.2, 0.25) is 5.15 Å². The molecule has 0 aliphatic rings. The third-order valence-corrected chi connectivity index (χ3v) is 1.26. The van der Waals surface area contributed by atoms with E-state index in [0.717, 1.165) is 6.33 Å². The molecule has 0 amide bonds. The standard InChI is InChI=1S/C5H4ClN3O2/c6-5-3(1-4(10)11)7-2-8-9-5/h2H,1H2,(H,10,11). The van der Waals surface area contributed by atoms with Crippen molar-refractivity contribution in [3.05, 3.63) is 17.2 Å². The van der Waals surface area contributed by atoms with Crippen LogP contribution >= 0.6 is 11.6 Å². The SMILES string of the molecule is O=C(O)Cc1ncnnc1Cl. The summed E-state index contributed by atoms with van der Waals surface area (Å²) in [6.07, 6.45) is 0.929. The van der Waals surface area contributed by atoms with E-state index in [2.05, 4.69) is 15.2 Å². The van der Waals surface area contributed by atoms with Crippen molar-refractivity contribution in [3.63, 3.8) is 0 Å². The lowest BCUT2D eigenvalue weighted by molar-refractivity contribution is -0.136. The maximum Gasteiger partial charge on any atom is 0.309 e. The first kappa shape index (κ1) is 7.87. The Kier molecular flexibility index (Phi) is 2.32. The minimum atomic E-state index is -0.993. The second-order valence-electron chi connectivity index (χ2n) is 1.77. The molecule has 58 valence electrons. The average molecular weight is 174 g/mol. The van der Waals surface area contributed by atoms with Gasteiger partial charge in [0.2, 0.25) is 0 Å². The molecule has 0 atom stereocenters. The number of hydrogen-bond donors (Lipinski definition) is 1. The van der Waals surface area contributed by atoms with E-state index in [0.29, 0.717) is 0 Å². The highest BCUT2D eigenvalue weighted by atomic mass is 35.5. The Hall–Kier alpha value is -1.23. The average Bonchev–Trinajstić information content (AvgIpc) is 1.93. The summed E-state index contributed by atoms with van der Waals surface area (Å²) in [5, 5.41) is 15.2. The van der Waals surface area contributed by atoms with Crippen molar-refractivity contribution in [3.8, 4) is 0 Å². The highest BCUT2D eigenvalue weighted by Gasteiger charge is 2.06. The third kappa shape index (κ3) is 2.12. The summed E-state index contributed by atoms with van der Waals surface area (Å²) in [4.78, 5) is 13.8. The summed E-state index contributed by atoms with van der Waals surface area (Å²) < 4.78 is 0. The van der Waals surface area contributed by atoms with Crippen molar-refractivity contribution >= 4 is 17.6 Å². The van der Waals surface area contributed by atoms with Crippen LogP contribution in [-0.4, -0.2) is 26.3 Å². The largest absolute Gasteiger partial charge is 0.481 e. The van der Waals surface area contributed by atoms with E-state index >= 15 is 0 Å². The number of aliphatic carboxylic acids is 1. The molecule has 0 bridgehead atoms. The predicted octanol–water partition coefficient (Wildman–Crippen LogP) is 0.152. The summed E-state index contributed by atoms with van der Waals surface area (Å²) in [5.41, 5.74) is 0.231. The minimum absolute atomic E-state index is 0.0369. The normalized spacial score (nSPS) is 9.55. The van der Waals surface area contributed by atoms with Crippen LogP contribution in [0.1, 0.15) is 5.69 Å². The fraction of sp³-hybridized carbons (Fsp3) is 0.200. The third-order valence-electron chi connectivity index (χ3n) is 0.968. The van der Waals surface area contributed by atoms with Crippen LogP contribution in [0.15, 0.2) is 6.33 Å². The zero-order valence-electron chi connectivity index (χ0n) is 5.36. The molecule has 0 radical (unpaired) electrons. The lowest BCUT2D eigenvalue weighted by Crippen LogP contribution is -2.04. The van der Waals surface area contributed by atoms with Gasteiger partial charge in [-0.25, -0.2) is 4.98 Å². The molecule has 0 spiro atoms. The number of carboxylic acids is 1. The van der Waals surface area contributed by atoms with Gasteiger partial charge >= 0.3 is 5.97 Å². The van der Waals surface area contributed by atoms with E-state index in [4.69, 9.17) is 16.7 Å². The fourth-order valence-corrected chi connectivity index (χ4v) is 0.704. The lowest BCUT2D eigenvalue weighted by atomic mass is 10.3. The topological polar surface area (TPSA) is 76.0 Å². The number of carbonyl (C=O) groups is 1. The summed E-state index contributed by atoms with van der Waals surface area (Å²) in [5.74, 6) is -0.993. The van der Waals surface area contributed by atoms with E-state index in [-0.39, 0.29) is 17.3 Å². The summed E-state index contributed by atoms with van der Waals surface area (Å²) in [6, 6.07) is 0. The van der Waals surface area contributed by atoms with Gasteiger partial charge in [-0.3, -0.25) is 4.79 Å². The molecule has 11 heavy (non-hydrogen) atoms. The van der Waals surface area contributed by atoms with Gasteiger partial charge in [0.15, 0.2) is 5.15 Å². The second-order valence-corrected chi connectivity index (χ2v) is 2.13. The van der Waals surface area contributed by atoms with Gasteiger partial charge < -0.3 is 5.11 Å². The van der Waals surface area contributed by atoms with Gasteiger partial charge in [0.1, 0.15) is 6.33 Å². The fourth-order valence-electron chi connectivity index (χ4n) is 0.545. The van der Waals surface area contributed by atoms with E-state index in [9.17, 15) is 4.79 Å². The number of halogens is 1. The molecule has 0 aliphatic heterocycles. The zero-order chi connectivity index (χ0) is 8.27. The molecular formula is C5H4ClN3O2. The van der Waals surface area contributed by atoms with Crippen LogP contribution < -0.4 is 0 Å². The molecule has 5 nitrogen and oxygen atoms in total. The van der Waals surface area contributed by atoms with Gasteiger partial charge in [0, 0.05) is 0 Å². The van der Waals surface area contributed by atoms with Crippen molar-refractivity contribution in [1.82, 2.24) is 15.2 Å². The number of rotatable bonds is 2. The number of nitrogens with zero attached hydrogens (tertiary/aromatic N) is 3. The molecule has 0 fully saturated rings. The molecule has 1 N–H and O–H groups in total. The van der Waals surface area contributed by atoms with Crippen molar-refractivity contribution in [2.24, 2.45) is 0 Å². The van der Waals surface area contributed by atoms with Gasteiger partial charge in [-0.15, -0.1) is 10.2 Å². The molecule has 0 aliphatic carbocycles. The van der Waals surface area contributed by atoms with Gasteiger partial charge in [-0.05, 0) is 0 Å². The van der Waals surface area contributed by atoms with Crippen LogP contribution in [-0.2, 0) is 11.2 Å². The van der Waals surface area contributed by atoms with Crippen molar-refractivity contribution in [1.29, 1.82) is 0 Å². The highest BCUT2D eigenvalue weighted by Crippen LogP contribution is 2.07.